The molecule has 3 heterocycles. The quantitative estimate of drug-likeness (QED) is 0.603. The number of ether oxygens (including phenoxy) is 2. The highest BCUT2D eigenvalue weighted by Gasteiger charge is 2.36. The molecule has 4 rings (SSSR count). The fourth-order valence-electron chi connectivity index (χ4n) is 3.69. The van der Waals surface area contributed by atoms with Crippen molar-refractivity contribution in [1.82, 2.24) is 24.6 Å². The van der Waals surface area contributed by atoms with E-state index in [4.69, 9.17) is 14.6 Å². The van der Waals surface area contributed by atoms with Crippen LogP contribution in [0.3, 0.4) is 0 Å². The lowest BCUT2D eigenvalue weighted by molar-refractivity contribution is -0.000352. The Labute approximate surface area is 188 Å². The summed E-state index contributed by atoms with van der Waals surface area (Å²) in [5, 5.41) is 4.92. The van der Waals surface area contributed by atoms with Gasteiger partial charge in [-0.05, 0) is 64.4 Å². The van der Waals surface area contributed by atoms with Gasteiger partial charge in [-0.25, -0.2) is 14.8 Å². The average Bonchev–Trinajstić information content (AvgIpc) is 3.10. The number of benzene rings is 1. The molecule has 1 aromatic carbocycles. The minimum absolute atomic E-state index is 0.0738. The number of carbonyl (C=O) groups is 1. The first kappa shape index (κ1) is 21.8. The molecule has 1 fully saturated rings. The molecule has 0 atom stereocenters. The lowest BCUT2D eigenvalue weighted by Gasteiger charge is -2.39. The highest BCUT2D eigenvalue weighted by molar-refractivity contribution is 5.79. The van der Waals surface area contributed by atoms with E-state index < -0.39 is 5.60 Å². The van der Waals surface area contributed by atoms with Gasteiger partial charge in [0, 0.05) is 36.6 Å². The molecule has 3 aromatic rings. The van der Waals surface area contributed by atoms with Crippen molar-refractivity contribution >= 4 is 6.09 Å². The molecule has 0 saturated carbocycles. The largest absolute Gasteiger partial charge is 0.497 e. The molecular weight excluding hydrogens is 406 g/mol. The smallest absolute Gasteiger partial charge is 0.410 e. The van der Waals surface area contributed by atoms with Crippen molar-refractivity contribution in [2.24, 2.45) is 0 Å². The van der Waals surface area contributed by atoms with E-state index >= 15 is 0 Å². The zero-order valence-electron chi connectivity index (χ0n) is 19.4. The van der Waals surface area contributed by atoms with Gasteiger partial charge in [0.2, 0.25) is 0 Å². The molecule has 0 N–H and O–H groups in total. The zero-order chi connectivity index (χ0) is 23.0. The number of carbonyl (C=O) groups excluding carboxylic acids is 1. The lowest BCUT2D eigenvalue weighted by Crippen LogP contribution is -2.52. The number of aromatic nitrogens is 4. The van der Waals surface area contributed by atoms with E-state index in [1.54, 1.807) is 18.2 Å². The molecule has 1 aliphatic rings. The second-order valence-corrected chi connectivity index (χ2v) is 9.14. The summed E-state index contributed by atoms with van der Waals surface area (Å²) in [4.78, 5) is 22.9. The summed E-state index contributed by atoms with van der Waals surface area (Å²) in [5.41, 5.74) is 4.07. The van der Waals surface area contributed by atoms with Gasteiger partial charge >= 0.3 is 6.09 Å². The average molecular weight is 436 g/mol. The zero-order valence-corrected chi connectivity index (χ0v) is 19.4. The van der Waals surface area contributed by atoms with Crippen LogP contribution < -0.4 is 4.74 Å². The molecule has 0 spiro atoms. The van der Waals surface area contributed by atoms with Crippen molar-refractivity contribution in [2.45, 2.75) is 46.3 Å². The predicted octanol–water partition coefficient (Wildman–Crippen LogP) is 4.42. The van der Waals surface area contributed by atoms with Crippen LogP contribution in [0.4, 0.5) is 4.79 Å². The van der Waals surface area contributed by atoms with Crippen molar-refractivity contribution in [3.8, 4) is 28.3 Å². The molecule has 1 aliphatic heterocycles. The van der Waals surface area contributed by atoms with Crippen LogP contribution >= 0.6 is 0 Å². The number of hydrogen-bond acceptors (Lipinski definition) is 6. The fourth-order valence-corrected chi connectivity index (χ4v) is 3.69. The molecule has 1 saturated heterocycles. The lowest BCUT2D eigenvalue weighted by atomic mass is 10.0. The highest BCUT2D eigenvalue weighted by Crippen LogP contribution is 2.35. The number of rotatable bonds is 4. The van der Waals surface area contributed by atoms with Gasteiger partial charge in [-0.3, -0.25) is 4.68 Å². The normalized spacial score (nSPS) is 14.2. The number of likely N-dealkylation sites (tertiary alicyclic amines) is 1. The third kappa shape index (κ3) is 4.59. The molecular formula is C24H29N5O3. The molecule has 32 heavy (non-hydrogen) atoms. The van der Waals surface area contributed by atoms with E-state index in [1.165, 1.54) is 0 Å². The standard InChI is InChI=1S/C24H29N5O3/c1-15-9-17(11-19(10-15)31-6)22-20(21-7-8-25-16(2)26-21)14-29(27-22)18-12-28(13-18)23(30)32-24(3,4)5/h7-11,14,18H,12-13H2,1-6H3. The maximum absolute atomic E-state index is 12.3. The Morgan fingerprint density at radius 3 is 2.56 bits per heavy atom. The molecule has 1 amide bonds. The SMILES string of the molecule is COc1cc(C)cc(-c2nn(C3CN(C(=O)OC(C)(C)C)C3)cc2-c2ccnc(C)n2)c1. The van der Waals surface area contributed by atoms with Crippen LogP contribution in [-0.4, -0.2) is 56.5 Å². The highest BCUT2D eigenvalue weighted by atomic mass is 16.6. The van der Waals surface area contributed by atoms with Crippen molar-refractivity contribution in [3.05, 3.63) is 48.0 Å². The molecule has 0 unspecified atom stereocenters. The number of hydrogen-bond donors (Lipinski definition) is 0. The molecule has 8 nitrogen and oxygen atoms in total. The van der Waals surface area contributed by atoms with Crippen molar-refractivity contribution in [2.75, 3.05) is 20.2 Å². The monoisotopic (exact) mass is 435 g/mol. The number of aryl methyl sites for hydroxylation is 2. The Bertz CT molecular complexity index is 1140. The van der Waals surface area contributed by atoms with E-state index in [2.05, 4.69) is 16.0 Å². The van der Waals surface area contributed by atoms with Crippen LogP contribution in [-0.2, 0) is 4.74 Å². The molecule has 168 valence electrons. The minimum atomic E-state index is -0.511. The molecule has 0 radical (unpaired) electrons. The van der Waals surface area contributed by atoms with Crippen LogP contribution in [0.5, 0.6) is 5.75 Å². The van der Waals surface area contributed by atoms with Crippen molar-refractivity contribution < 1.29 is 14.3 Å². The maximum Gasteiger partial charge on any atom is 0.410 e. The van der Waals surface area contributed by atoms with Crippen LogP contribution in [0.2, 0.25) is 0 Å². The topological polar surface area (TPSA) is 82.4 Å². The number of nitrogens with zero attached hydrogens (tertiary/aromatic N) is 5. The summed E-state index contributed by atoms with van der Waals surface area (Å²) in [5.74, 6) is 1.47. The summed E-state index contributed by atoms with van der Waals surface area (Å²) in [7, 11) is 1.66. The number of methoxy groups -OCH3 is 1. The Balaban J connectivity index is 1.67. The number of amides is 1. The summed E-state index contributed by atoms with van der Waals surface area (Å²) in [6.45, 7) is 10.6. The van der Waals surface area contributed by atoms with Crippen LogP contribution in [0.25, 0.3) is 22.5 Å². The van der Waals surface area contributed by atoms with E-state index in [-0.39, 0.29) is 12.1 Å². The van der Waals surface area contributed by atoms with Gasteiger partial charge in [0.15, 0.2) is 0 Å². The second kappa shape index (κ2) is 8.26. The molecule has 8 heteroatoms. The van der Waals surface area contributed by atoms with Gasteiger partial charge < -0.3 is 14.4 Å². The van der Waals surface area contributed by atoms with E-state index in [9.17, 15) is 4.79 Å². The van der Waals surface area contributed by atoms with Gasteiger partial charge in [-0.2, -0.15) is 5.10 Å². The Morgan fingerprint density at radius 2 is 1.91 bits per heavy atom. The minimum Gasteiger partial charge on any atom is -0.497 e. The summed E-state index contributed by atoms with van der Waals surface area (Å²) < 4.78 is 12.9. The Hall–Kier alpha value is -3.42. The van der Waals surface area contributed by atoms with Crippen molar-refractivity contribution in [1.29, 1.82) is 0 Å². The molecule has 0 aliphatic carbocycles. The van der Waals surface area contributed by atoms with Gasteiger partial charge in [0.1, 0.15) is 22.9 Å². The van der Waals surface area contributed by atoms with Gasteiger partial charge in [-0.1, -0.05) is 0 Å². The first-order chi connectivity index (χ1) is 15.1. The second-order valence-electron chi connectivity index (χ2n) is 9.14. The van der Waals surface area contributed by atoms with Gasteiger partial charge in [0.05, 0.1) is 18.8 Å². The van der Waals surface area contributed by atoms with Gasteiger partial charge in [0.25, 0.3) is 0 Å². The van der Waals surface area contributed by atoms with Gasteiger partial charge in [-0.15, -0.1) is 0 Å². The van der Waals surface area contributed by atoms with Crippen LogP contribution in [0, 0.1) is 13.8 Å². The van der Waals surface area contributed by atoms with Crippen LogP contribution in [0.15, 0.2) is 36.7 Å². The summed E-state index contributed by atoms with van der Waals surface area (Å²) in [6.07, 6.45) is 3.46. The first-order valence-electron chi connectivity index (χ1n) is 10.7. The molecule has 0 bridgehead atoms. The Morgan fingerprint density at radius 1 is 1.16 bits per heavy atom. The Kier molecular flexibility index (Phi) is 5.62. The third-order valence-corrected chi connectivity index (χ3v) is 5.23. The summed E-state index contributed by atoms with van der Waals surface area (Å²) >= 11 is 0. The predicted molar refractivity (Wildman–Crippen MR) is 122 cm³/mol. The van der Waals surface area contributed by atoms with E-state index in [0.29, 0.717) is 18.9 Å². The van der Waals surface area contributed by atoms with E-state index in [0.717, 1.165) is 33.8 Å². The third-order valence-electron chi connectivity index (χ3n) is 5.23. The van der Waals surface area contributed by atoms with Crippen molar-refractivity contribution in [3.63, 3.8) is 0 Å². The molecule has 2 aromatic heterocycles. The first-order valence-corrected chi connectivity index (χ1v) is 10.7. The fraction of sp³-hybridized carbons (Fsp3) is 0.417. The van der Waals surface area contributed by atoms with Crippen LogP contribution in [0.1, 0.15) is 38.2 Å². The summed E-state index contributed by atoms with van der Waals surface area (Å²) in [6, 6.07) is 8.01. The van der Waals surface area contributed by atoms with E-state index in [1.807, 2.05) is 63.7 Å². The maximum atomic E-state index is 12.3.